The predicted octanol–water partition coefficient (Wildman–Crippen LogP) is 4.52. The Bertz CT molecular complexity index is 1410. The Morgan fingerprint density at radius 3 is 2.33 bits per heavy atom. The van der Waals surface area contributed by atoms with E-state index in [0.29, 0.717) is 47.7 Å². The van der Waals surface area contributed by atoms with Crippen LogP contribution in [-0.4, -0.2) is 75.3 Å². The molecule has 0 saturated carbocycles. The van der Waals surface area contributed by atoms with Gasteiger partial charge >= 0.3 is 6.03 Å². The summed E-state index contributed by atoms with van der Waals surface area (Å²) in [7, 11) is 0. The summed E-state index contributed by atoms with van der Waals surface area (Å²) < 4.78 is 19.0. The number of aliphatic hydroxyl groups excluding tert-OH is 1. The highest BCUT2D eigenvalue weighted by Gasteiger charge is 2.29. The van der Waals surface area contributed by atoms with Crippen molar-refractivity contribution in [3.05, 3.63) is 78.2 Å². The van der Waals surface area contributed by atoms with Crippen LogP contribution in [0.4, 0.5) is 20.7 Å². The number of nitrogens with zero attached hydrogens (tertiary/aromatic N) is 3. The Hall–Kier alpha value is -4.13. The van der Waals surface area contributed by atoms with Crippen LogP contribution >= 0.6 is 12.2 Å². The van der Waals surface area contributed by atoms with E-state index in [4.69, 9.17) is 17.0 Å². The van der Waals surface area contributed by atoms with Gasteiger partial charge in [0.1, 0.15) is 23.1 Å². The Kier molecular flexibility index (Phi) is 10.1. The Morgan fingerprint density at radius 2 is 1.63 bits per heavy atom. The number of hydrogen-bond donors (Lipinski definition) is 4. The molecule has 4 N–H and O–H groups in total. The predicted molar refractivity (Wildman–Crippen MR) is 166 cm³/mol. The van der Waals surface area contributed by atoms with Crippen molar-refractivity contribution in [3.63, 3.8) is 0 Å². The second-order valence-electron chi connectivity index (χ2n) is 10.7. The van der Waals surface area contributed by atoms with Crippen LogP contribution in [0, 0.1) is 5.82 Å². The number of aromatic nitrogens is 1. The topological polar surface area (TPSA) is 119 Å². The number of aliphatic hydroxyl groups is 1. The fourth-order valence-electron chi connectivity index (χ4n) is 5.28. The molecule has 0 atom stereocenters. The van der Waals surface area contributed by atoms with E-state index in [-0.39, 0.29) is 35.4 Å². The number of urea groups is 1. The molecule has 2 saturated heterocycles. The fraction of sp³-hybridized carbons (Fsp3) is 0.355. The lowest BCUT2D eigenvalue weighted by molar-refractivity contribution is -0.119. The smallest absolute Gasteiger partial charge is 0.323 e. The fourth-order valence-corrected chi connectivity index (χ4v) is 5.51. The van der Waals surface area contributed by atoms with Crippen LogP contribution in [0.5, 0.6) is 11.5 Å². The van der Waals surface area contributed by atoms with E-state index >= 15 is 0 Å². The molecule has 3 heterocycles. The third kappa shape index (κ3) is 8.93. The third-order valence-electron chi connectivity index (χ3n) is 7.61. The molecule has 5 rings (SSSR count). The number of anilines is 2. The van der Waals surface area contributed by atoms with Gasteiger partial charge in [0.2, 0.25) is 5.91 Å². The molecule has 2 aromatic carbocycles. The van der Waals surface area contributed by atoms with Gasteiger partial charge in [-0.1, -0.05) is 12.1 Å². The Balaban J connectivity index is 1.06. The summed E-state index contributed by atoms with van der Waals surface area (Å²) in [4.78, 5) is 33.6. The largest absolute Gasteiger partial charge is 0.457 e. The molecule has 2 aliphatic heterocycles. The molecule has 0 bridgehead atoms. The summed E-state index contributed by atoms with van der Waals surface area (Å²) >= 11 is 5.23. The lowest BCUT2D eigenvalue weighted by Gasteiger charge is -2.41. The maximum absolute atomic E-state index is 13.1. The van der Waals surface area contributed by atoms with Gasteiger partial charge in [-0.05, 0) is 85.9 Å². The van der Waals surface area contributed by atoms with Crippen LogP contribution in [0.2, 0.25) is 0 Å². The molecule has 0 aliphatic carbocycles. The van der Waals surface area contributed by atoms with E-state index in [9.17, 15) is 19.1 Å². The number of hydrogen-bond acceptors (Lipinski definition) is 7. The molecule has 10 nitrogen and oxygen atoms in total. The van der Waals surface area contributed by atoms with Gasteiger partial charge in [0.05, 0.1) is 12.5 Å². The first kappa shape index (κ1) is 30.3. The summed E-state index contributed by atoms with van der Waals surface area (Å²) in [6.07, 6.45) is 4.94. The summed E-state index contributed by atoms with van der Waals surface area (Å²) in [6.45, 7) is 3.18. The van der Waals surface area contributed by atoms with Crippen molar-refractivity contribution in [2.75, 3.05) is 36.8 Å². The molecule has 2 aliphatic rings. The highest BCUT2D eigenvalue weighted by molar-refractivity contribution is 7.80. The molecular formula is C31H35FN6O4S. The van der Waals surface area contributed by atoms with Gasteiger partial charge in [-0.2, -0.15) is 0 Å². The number of likely N-dealkylation sites (tertiary alicyclic amines) is 2. The number of nitrogens with one attached hydrogen (secondary N) is 3. The van der Waals surface area contributed by atoms with Crippen LogP contribution in [0.3, 0.4) is 0 Å². The zero-order valence-corrected chi connectivity index (χ0v) is 24.5. The summed E-state index contributed by atoms with van der Waals surface area (Å²) in [5.41, 5.74) is 1.33. The first-order chi connectivity index (χ1) is 20.8. The minimum atomic E-state index is -0.358. The first-order valence-electron chi connectivity index (χ1n) is 14.4. The molecule has 43 heavy (non-hydrogen) atoms. The minimum absolute atomic E-state index is 0.0763. The molecule has 1 aromatic heterocycles. The van der Waals surface area contributed by atoms with Crippen LogP contribution in [0.25, 0.3) is 0 Å². The van der Waals surface area contributed by atoms with E-state index in [1.54, 1.807) is 54.7 Å². The van der Waals surface area contributed by atoms with Crippen molar-refractivity contribution in [2.24, 2.45) is 0 Å². The highest BCUT2D eigenvalue weighted by Crippen LogP contribution is 2.25. The van der Waals surface area contributed by atoms with Gasteiger partial charge in [-0.15, -0.1) is 0 Å². The van der Waals surface area contributed by atoms with Crippen molar-refractivity contribution >= 4 is 40.8 Å². The number of pyridine rings is 1. The average molecular weight is 607 g/mol. The second-order valence-corrected chi connectivity index (χ2v) is 11.1. The van der Waals surface area contributed by atoms with Gasteiger partial charge in [0.25, 0.3) is 0 Å². The summed E-state index contributed by atoms with van der Waals surface area (Å²) in [5, 5.41) is 18.3. The Labute approximate surface area is 255 Å². The van der Waals surface area contributed by atoms with E-state index in [2.05, 4.69) is 25.8 Å². The number of rotatable bonds is 7. The van der Waals surface area contributed by atoms with E-state index in [1.807, 2.05) is 4.90 Å². The van der Waals surface area contributed by atoms with Gasteiger partial charge in [0, 0.05) is 50.2 Å². The third-order valence-corrected chi connectivity index (χ3v) is 7.82. The molecular weight excluding hydrogens is 571 g/mol. The molecule has 0 radical (unpaired) electrons. The van der Waals surface area contributed by atoms with Crippen LogP contribution in [-0.2, 0) is 11.2 Å². The molecule has 0 spiro atoms. The van der Waals surface area contributed by atoms with Crippen LogP contribution in [0.15, 0.2) is 66.9 Å². The van der Waals surface area contributed by atoms with E-state index < -0.39 is 0 Å². The number of amides is 3. The molecule has 12 heteroatoms. The zero-order valence-electron chi connectivity index (χ0n) is 23.7. The van der Waals surface area contributed by atoms with Crippen molar-refractivity contribution in [3.8, 4) is 11.5 Å². The lowest BCUT2D eigenvalue weighted by atomic mass is 9.99. The normalized spacial score (nSPS) is 16.4. The SMILES string of the molecule is O=C(Cc1ccc(F)cc1)NC(=S)Nc1ccc(Oc2ccnc(NC(=O)N3CCC(N4CCC(O)CC4)CC3)c2)cc1. The first-order valence-corrected chi connectivity index (χ1v) is 14.8. The van der Waals surface area contributed by atoms with Gasteiger partial charge in [0.15, 0.2) is 5.11 Å². The van der Waals surface area contributed by atoms with Crippen LogP contribution in [0.1, 0.15) is 31.2 Å². The maximum Gasteiger partial charge on any atom is 0.323 e. The number of carbonyl (C=O) groups is 2. The van der Waals surface area contributed by atoms with Crippen molar-refractivity contribution in [2.45, 2.75) is 44.2 Å². The minimum Gasteiger partial charge on any atom is -0.457 e. The van der Waals surface area contributed by atoms with Gasteiger partial charge in [-0.25, -0.2) is 14.2 Å². The van der Waals surface area contributed by atoms with Crippen molar-refractivity contribution < 1.29 is 23.8 Å². The molecule has 3 aromatic rings. The number of halogens is 1. The number of carbonyl (C=O) groups excluding carboxylic acids is 2. The van der Waals surface area contributed by atoms with E-state index in [0.717, 1.165) is 38.8 Å². The maximum atomic E-state index is 13.1. The van der Waals surface area contributed by atoms with Gasteiger partial charge < -0.3 is 30.3 Å². The van der Waals surface area contributed by atoms with Gasteiger partial charge in [-0.3, -0.25) is 10.1 Å². The Morgan fingerprint density at radius 1 is 0.930 bits per heavy atom. The molecule has 3 amide bonds. The van der Waals surface area contributed by atoms with Crippen molar-refractivity contribution in [1.82, 2.24) is 20.1 Å². The molecule has 0 unspecified atom stereocenters. The zero-order chi connectivity index (χ0) is 30.2. The standard InChI is InChI=1S/C31H35FN6O4S/c32-22-3-1-21(2-4-22)19-29(40)36-30(43)34-23-5-7-26(8-6-23)42-27-9-14-33-28(20-27)35-31(41)38-15-10-24(11-16-38)37-17-12-25(39)13-18-37/h1-9,14,20,24-25,39H,10-13,15-19H2,(H,33,35,41)(H2,34,36,40,43). The van der Waals surface area contributed by atoms with E-state index in [1.165, 1.54) is 12.1 Å². The lowest BCUT2D eigenvalue weighted by Crippen LogP contribution is -2.50. The average Bonchev–Trinajstić information content (AvgIpc) is 3.00. The summed E-state index contributed by atoms with van der Waals surface area (Å²) in [6, 6.07) is 16.4. The summed E-state index contributed by atoms with van der Waals surface area (Å²) in [5.74, 6) is 0.805. The molecule has 226 valence electrons. The number of benzene rings is 2. The quantitative estimate of drug-likeness (QED) is 0.290. The highest BCUT2D eigenvalue weighted by atomic mass is 32.1. The van der Waals surface area contributed by atoms with Crippen molar-refractivity contribution in [1.29, 1.82) is 0 Å². The number of ether oxygens (including phenoxy) is 1. The van der Waals surface area contributed by atoms with Crippen LogP contribution < -0.4 is 20.7 Å². The monoisotopic (exact) mass is 606 g/mol. The number of thiocarbonyl (C=S) groups is 1. The second kappa shape index (κ2) is 14.4. The molecule has 2 fully saturated rings. The number of piperidine rings is 2.